The summed E-state index contributed by atoms with van der Waals surface area (Å²) in [6, 6.07) is 4.70. The van der Waals surface area contributed by atoms with Crippen molar-refractivity contribution in [1.29, 1.82) is 0 Å². The molecule has 0 N–H and O–H groups in total. The highest BCUT2D eigenvalue weighted by Crippen LogP contribution is 2.22. The minimum absolute atomic E-state index is 0.0217. The second-order valence-electron chi connectivity index (χ2n) is 3.21. The summed E-state index contributed by atoms with van der Waals surface area (Å²) in [5.41, 5.74) is 0.0508. The van der Waals surface area contributed by atoms with Gasteiger partial charge < -0.3 is 0 Å². The van der Waals surface area contributed by atoms with Crippen molar-refractivity contribution in [2.24, 2.45) is 0 Å². The minimum atomic E-state index is -4.27. The molecule has 1 rings (SSSR count). The van der Waals surface area contributed by atoms with Gasteiger partial charge in [0.05, 0.1) is 11.3 Å². The van der Waals surface area contributed by atoms with Crippen LogP contribution in [0.5, 0.6) is 0 Å². The Labute approximate surface area is 85.6 Å². The molecule has 15 heavy (non-hydrogen) atoms. The topological polar surface area (TPSA) is 34.1 Å². The summed E-state index contributed by atoms with van der Waals surface area (Å²) in [6.07, 6.45) is -4.31. The van der Waals surface area contributed by atoms with Gasteiger partial charge in [-0.3, -0.25) is 0 Å². The zero-order valence-corrected chi connectivity index (χ0v) is 8.69. The van der Waals surface area contributed by atoms with Crippen LogP contribution in [-0.2, 0) is 16.3 Å². The number of hydrogen-bond acceptors (Lipinski definition) is 2. The van der Waals surface area contributed by atoms with Crippen LogP contribution >= 0.6 is 0 Å². The molecule has 0 aliphatic heterocycles. The fourth-order valence-corrected chi connectivity index (χ4v) is 1.72. The molecule has 0 fully saturated rings. The SMILES string of the molecule is CS(=O)(=O)c1ccc(CC(F)(F)F)cc1. The quantitative estimate of drug-likeness (QED) is 0.791. The van der Waals surface area contributed by atoms with Gasteiger partial charge in [-0.15, -0.1) is 0 Å². The molecular weight excluding hydrogens is 229 g/mol. The highest BCUT2D eigenvalue weighted by Gasteiger charge is 2.27. The molecule has 0 amide bonds. The molecule has 0 saturated carbocycles. The number of rotatable bonds is 2. The first-order chi connectivity index (χ1) is 6.68. The summed E-state index contributed by atoms with van der Waals surface area (Å²) in [5, 5.41) is 0. The van der Waals surface area contributed by atoms with Gasteiger partial charge in [0.25, 0.3) is 0 Å². The number of alkyl halides is 3. The molecular formula is C9H9F3O2S. The summed E-state index contributed by atoms with van der Waals surface area (Å²) in [5.74, 6) is 0. The van der Waals surface area contributed by atoms with E-state index in [4.69, 9.17) is 0 Å². The molecule has 6 heteroatoms. The predicted molar refractivity (Wildman–Crippen MR) is 49.3 cm³/mol. The number of benzene rings is 1. The third kappa shape index (κ3) is 3.91. The van der Waals surface area contributed by atoms with Crippen molar-refractivity contribution >= 4 is 9.84 Å². The number of hydrogen-bond donors (Lipinski definition) is 0. The van der Waals surface area contributed by atoms with Gasteiger partial charge in [0.15, 0.2) is 9.84 Å². The fraction of sp³-hybridized carbons (Fsp3) is 0.333. The highest BCUT2D eigenvalue weighted by atomic mass is 32.2. The lowest BCUT2D eigenvalue weighted by Gasteiger charge is -2.06. The van der Waals surface area contributed by atoms with Gasteiger partial charge in [0.1, 0.15) is 0 Å². The fourth-order valence-electron chi connectivity index (χ4n) is 1.09. The highest BCUT2D eigenvalue weighted by molar-refractivity contribution is 7.90. The molecule has 0 saturated heterocycles. The van der Waals surface area contributed by atoms with E-state index in [-0.39, 0.29) is 10.5 Å². The van der Waals surface area contributed by atoms with Crippen LogP contribution in [-0.4, -0.2) is 20.8 Å². The van der Waals surface area contributed by atoms with Gasteiger partial charge in [-0.2, -0.15) is 13.2 Å². The molecule has 0 heterocycles. The molecule has 2 nitrogen and oxygen atoms in total. The van der Waals surface area contributed by atoms with Crippen LogP contribution in [0.2, 0.25) is 0 Å². The Kier molecular flexibility index (Phi) is 3.08. The molecule has 0 aromatic heterocycles. The Hall–Kier alpha value is -1.04. The second kappa shape index (κ2) is 3.84. The average Bonchev–Trinajstić information content (AvgIpc) is 2.00. The van der Waals surface area contributed by atoms with Crippen molar-refractivity contribution in [3.63, 3.8) is 0 Å². The van der Waals surface area contributed by atoms with E-state index in [9.17, 15) is 21.6 Å². The number of sulfone groups is 1. The Balaban J connectivity index is 2.92. The lowest BCUT2D eigenvalue weighted by molar-refractivity contribution is -0.127. The summed E-state index contributed by atoms with van der Waals surface area (Å²) < 4.78 is 57.9. The maximum Gasteiger partial charge on any atom is 0.393 e. The van der Waals surface area contributed by atoms with Gasteiger partial charge in [0, 0.05) is 6.26 Å². The van der Waals surface area contributed by atoms with E-state index >= 15 is 0 Å². The Morgan fingerprint density at radius 3 is 1.93 bits per heavy atom. The molecule has 0 bridgehead atoms. The summed E-state index contributed by atoms with van der Waals surface area (Å²) in [6.45, 7) is 0. The maximum atomic E-state index is 12.0. The van der Waals surface area contributed by atoms with Crippen LogP contribution in [0, 0.1) is 0 Å². The standard InChI is InChI=1S/C9H9F3O2S/c1-15(13,14)8-4-2-7(3-5-8)6-9(10,11)12/h2-5H,6H2,1H3. The van der Waals surface area contributed by atoms with Crippen LogP contribution < -0.4 is 0 Å². The van der Waals surface area contributed by atoms with Gasteiger partial charge >= 0.3 is 6.18 Å². The molecule has 84 valence electrons. The first-order valence-electron chi connectivity index (χ1n) is 4.04. The maximum absolute atomic E-state index is 12.0. The molecule has 0 spiro atoms. The zero-order valence-electron chi connectivity index (χ0n) is 7.88. The third-order valence-electron chi connectivity index (χ3n) is 1.76. The lowest BCUT2D eigenvalue weighted by atomic mass is 10.1. The predicted octanol–water partition coefficient (Wildman–Crippen LogP) is 2.19. The third-order valence-corrected chi connectivity index (χ3v) is 2.88. The molecule has 0 unspecified atom stereocenters. The van der Waals surface area contributed by atoms with Crippen LogP contribution in [0.25, 0.3) is 0 Å². The van der Waals surface area contributed by atoms with Gasteiger partial charge in [0.2, 0.25) is 0 Å². The van der Waals surface area contributed by atoms with E-state index in [0.717, 1.165) is 6.26 Å². The van der Waals surface area contributed by atoms with Crippen molar-refractivity contribution in [3.05, 3.63) is 29.8 Å². The zero-order chi connectivity index (χ0) is 11.7. The van der Waals surface area contributed by atoms with Crippen molar-refractivity contribution in [2.45, 2.75) is 17.5 Å². The normalized spacial score (nSPS) is 12.8. The van der Waals surface area contributed by atoms with Gasteiger partial charge in [-0.05, 0) is 17.7 Å². The van der Waals surface area contributed by atoms with Gasteiger partial charge in [-0.25, -0.2) is 8.42 Å². The molecule has 0 atom stereocenters. The Morgan fingerprint density at radius 1 is 1.13 bits per heavy atom. The molecule has 1 aromatic rings. The second-order valence-corrected chi connectivity index (χ2v) is 5.22. The molecule has 0 aliphatic rings. The lowest BCUT2D eigenvalue weighted by Crippen LogP contribution is -2.11. The summed E-state index contributed by atoms with van der Waals surface area (Å²) in [4.78, 5) is 0.0217. The first-order valence-corrected chi connectivity index (χ1v) is 5.93. The van der Waals surface area contributed by atoms with Gasteiger partial charge in [-0.1, -0.05) is 12.1 Å². The number of halogens is 3. The van der Waals surface area contributed by atoms with E-state index in [2.05, 4.69) is 0 Å². The molecule has 0 radical (unpaired) electrons. The van der Waals surface area contributed by atoms with Crippen molar-refractivity contribution < 1.29 is 21.6 Å². The Bertz CT molecular complexity index is 431. The van der Waals surface area contributed by atoms with E-state index in [1.807, 2.05) is 0 Å². The summed E-state index contributed by atoms with van der Waals surface area (Å²) >= 11 is 0. The summed E-state index contributed by atoms with van der Waals surface area (Å²) in [7, 11) is -3.34. The van der Waals surface area contributed by atoms with Crippen LogP contribution in [0.3, 0.4) is 0 Å². The largest absolute Gasteiger partial charge is 0.393 e. The first kappa shape index (κ1) is 12.0. The van der Waals surface area contributed by atoms with E-state index < -0.39 is 22.4 Å². The average molecular weight is 238 g/mol. The Morgan fingerprint density at radius 2 is 1.60 bits per heavy atom. The van der Waals surface area contributed by atoms with Crippen molar-refractivity contribution in [2.75, 3.05) is 6.26 Å². The van der Waals surface area contributed by atoms with Crippen LogP contribution in [0.1, 0.15) is 5.56 Å². The molecule has 0 aliphatic carbocycles. The monoisotopic (exact) mass is 238 g/mol. The van der Waals surface area contributed by atoms with E-state index in [1.54, 1.807) is 0 Å². The van der Waals surface area contributed by atoms with E-state index in [0.29, 0.717) is 0 Å². The van der Waals surface area contributed by atoms with Crippen LogP contribution in [0.15, 0.2) is 29.2 Å². The van der Waals surface area contributed by atoms with Crippen molar-refractivity contribution in [1.82, 2.24) is 0 Å². The minimum Gasteiger partial charge on any atom is -0.224 e. The smallest absolute Gasteiger partial charge is 0.224 e. The van der Waals surface area contributed by atoms with Crippen LogP contribution in [0.4, 0.5) is 13.2 Å². The van der Waals surface area contributed by atoms with E-state index in [1.165, 1.54) is 24.3 Å². The van der Waals surface area contributed by atoms with Crippen molar-refractivity contribution in [3.8, 4) is 0 Å². The molecule has 1 aromatic carbocycles.